The van der Waals surface area contributed by atoms with Crippen molar-refractivity contribution < 1.29 is 4.74 Å². The molecule has 2 fully saturated rings. The molecule has 4 unspecified atom stereocenters. The van der Waals surface area contributed by atoms with Crippen LogP contribution in [-0.2, 0) is 0 Å². The number of benzene rings is 1. The van der Waals surface area contributed by atoms with Gasteiger partial charge in [-0.1, -0.05) is 26.0 Å². The number of hydrogen-bond acceptors (Lipinski definition) is 4. The zero-order valence-corrected chi connectivity index (χ0v) is 14.7. The molecule has 1 aromatic rings. The monoisotopic (exact) mass is 323 g/mol. The molecule has 4 heteroatoms. The molecule has 0 aromatic heterocycles. The van der Waals surface area contributed by atoms with Gasteiger partial charge in [0.25, 0.3) is 0 Å². The topological polar surface area (TPSA) is 21.3 Å². The van der Waals surface area contributed by atoms with Crippen LogP contribution in [0, 0.1) is 0 Å². The minimum Gasteiger partial charge on any atom is -0.490 e. The first-order chi connectivity index (χ1) is 10.2. The maximum atomic E-state index is 5.95. The highest BCUT2D eigenvalue weighted by Crippen LogP contribution is 2.41. The fourth-order valence-electron chi connectivity index (χ4n) is 2.71. The van der Waals surface area contributed by atoms with E-state index in [-0.39, 0.29) is 0 Å². The lowest BCUT2D eigenvalue weighted by Crippen LogP contribution is -2.35. The summed E-state index contributed by atoms with van der Waals surface area (Å²) in [6, 6.07) is 9.08. The van der Waals surface area contributed by atoms with Crippen LogP contribution in [0.3, 0.4) is 0 Å². The largest absolute Gasteiger partial charge is 0.490 e. The highest BCUT2D eigenvalue weighted by Gasteiger charge is 2.31. The summed E-state index contributed by atoms with van der Waals surface area (Å²) < 4.78 is 5.95. The Morgan fingerprint density at radius 3 is 2.71 bits per heavy atom. The Hall–Kier alpha value is -0.320. The predicted molar refractivity (Wildman–Crippen MR) is 94.7 cm³/mol. The second kappa shape index (κ2) is 6.84. The third kappa shape index (κ3) is 3.91. The van der Waals surface area contributed by atoms with Crippen LogP contribution >= 0.6 is 23.5 Å². The normalized spacial score (nSPS) is 30.9. The number of rotatable bonds is 5. The van der Waals surface area contributed by atoms with Crippen molar-refractivity contribution >= 4 is 23.5 Å². The molecule has 1 saturated heterocycles. The third-order valence-corrected chi connectivity index (χ3v) is 7.80. The molecule has 1 heterocycles. The van der Waals surface area contributed by atoms with Gasteiger partial charge in [0.15, 0.2) is 0 Å². The average Bonchev–Trinajstić information content (AvgIpc) is 3.28. The molecule has 0 amide bonds. The van der Waals surface area contributed by atoms with Crippen molar-refractivity contribution in [3.8, 4) is 5.75 Å². The molecule has 1 N–H and O–H groups in total. The lowest BCUT2D eigenvalue weighted by Gasteiger charge is -2.36. The third-order valence-electron chi connectivity index (χ3n) is 4.30. The van der Waals surface area contributed by atoms with Crippen LogP contribution in [0.15, 0.2) is 24.3 Å². The predicted octanol–water partition coefficient (Wildman–Crippen LogP) is 4.11. The van der Waals surface area contributed by atoms with Gasteiger partial charge in [-0.2, -0.15) is 23.5 Å². The van der Waals surface area contributed by atoms with Crippen molar-refractivity contribution in [3.63, 3.8) is 0 Å². The van der Waals surface area contributed by atoms with E-state index in [2.05, 4.69) is 74.0 Å². The van der Waals surface area contributed by atoms with Gasteiger partial charge in [0, 0.05) is 27.5 Å². The molecule has 0 spiro atoms. The molecule has 116 valence electrons. The Labute approximate surface area is 136 Å². The van der Waals surface area contributed by atoms with Gasteiger partial charge < -0.3 is 10.1 Å². The highest BCUT2D eigenvalue weighted by atomic mass is 32.2. The quantitative estimate of drug-likeness (QED) is 0.880. The zero-order chi connectivity index (χ0) is 14.8. The van der Waals surface area contributed by atoms with Gasteiger partial charge in [-0.25, -0.2) is 0 Å². The Balaban J connectivity index is 1.72. The fraction of sp³-hybridized carbons (Fsp3) is 0.647. The van der Waals surface area contributed by atoms with Crippen LogP contribution in [-0.4, -0.2) is 34.7 Å². The Morgan fingerprint density at radius 1 is 1.24 bits per heavy atom. The smallest absolute Gasteiger partial charge is 0.120 e. The lowest BCUT2D eigenvalue weighted by molar-refractivity contribution is 0.302. The summed E-state index contributed by atoms with van der Waals surface area (Å²) in [4.78, 5) is 0. The van der Waals surface area contributed by atoms with Crippen LogP contribution in [0.5, 0.6) is 5.75 Å². The summed E-state index contributed by atoms with van der Waals surface area (Å²) in [6.07, 6.45) is 2.89. The lowest BCUT2D eigenvalue weighted by atomic mass is 10.0. The summed E-state index contributed by atoms with van der Waals surface area (Å²) in [5.74, 6) is 2.25. The van der Waals surface area contributed by atoms with Gasteiger partial charge in [-0.3, -0.25) is 0 Å². The van der Waals surface area contributed by atoms with E-state index < -0.39 is 0 Å². The minimum absolute atomic E-state index is 0.403. The summed E-state index contributed by atoms with van der Waals surface area (Å²) in [5, 5.41) is 5.63. The molecule has 0 bridgehead atoms. The SMILES string of the molecule is CNC(c1cccc(OC2CC2)c1)C1CSC(C)C(C)S1. The first-order valence-corrected chi connectivity index (χ1v) is 9.87. The van der Waals surface area contributed by atoms with E-state index in [1.54, 1.807) is 0 Å². The van der Waals surface area contributed by atoms with Crippen molar-refractivity contribution in [3.05, 3.63) is 29.8 Å². The van der Waals surface area contributed by atoms with Crippen molar-refractivity contribution in [1.82, 2.24) is 5.32 Å². The molecule has 1 saturated carbocycles. The van der Waals surface area contributed by atoms with E-state index in [0.717, 1.165) is 16.2 Å². The number of ether oxygens (including phenoxy) is 1. The Bertz CT molecular complexity index is 478. The van der Waals surface area contributed by atoms with Gasteiger partial charge >= 0.3 is 0 Å². The number of thioether (sulfide) groups is 2. The zero-order valence-electron chi connectivity index (χ0n) is 13.0. The number of hydrogen-bond donors (Lipinski definition) is 1. The van der Waals surface area contributed by atoms with Crippen molar-refractivity contribution in [2.24, 2.45) is 0 Å². The minimum atomic E-state index is 0.403. The molecule has 3 rings (SSSR count). The average molecular weight is 324 g/mol. The Morgan fingerprint density at radius 2 is 2.05 bits per heavy atom. The standard InChI is InChI=1S/C17H25NOS2/c1-11-12(2)21-16(10-20-11)17(18-3)13-5-4-6-15(9-13)19-14-7-8-14/h4-6,9,11-12,14,16-18H,7-8,10H2,1-3H3. The van der Waals surface area contributed by atoms with Crippen LogP contribution in [0.25, 0.3) is 0 Å². The second-order valence-electron chi connectivity index (χ2n) is 6.07. The first-order valence-electron chi connectivity index (χ1n) is 7.88. The van der Waals surface area contributed by atoms with Crippen molar-refractivity contribution in [1.29, 1.82) is 0 Å². The van der Waals surface area contributed by atoms with E-state index >= 15 is 0 Å². The molecule has 4 atom stereocenters. The maximum Gasteiger partial charge on any atom is 0.120 e. The van der Waals surface area contributed by atoms with Crippen LogP contribution < -0.4 is 10.1 Å². The van der Waals surface area contributed by atoms with E-state index in [9.17, 15) is 0 Å². The molecule has 1 aliphatic heterocycles. The summed E-state index contributed by atoms with van der Waals surface area (Å²) in [7, 11) is 2.08. The summed E-state index contributed by atoms with van der Waals surface area (Å²) in [6.45, 7) is 4.70. The maximum absolute atomic E-state index is 5.95. The van der Waals surface area contributed by atoms with E-state index in [1.165, 1.54) is 24.2 Å². The molecule has 2 nitrogen and oxygen atoms in total. The Kier molecular flexibility index (Phi) is 5.07. The highest BCUT2D eigenvalue weighted by molar-refractivity contribution is 8.07. The molecule has 21 heavy (non-hydrogen) atoms. The molecule has 0 radical (unpaired) electrons. The van der Waals surface area contributed by atoms with Crippen molar-refractivity contribution in [2.45, 2.75) is 54.6 Å². The van der Waals surface area contributed by atoms with Gasteiger partial charge in [-0.05, 0) is 37.6 Å². The summed E-state index contributed by atoms with van der Waals surface area (Å²) >= 11 is 4.24. The van der Waals surface area contributed by atoms with Crippen molar-refractivity contribution in [2.75, 3.05) is 12.8 Å². The van der Waals surface area contributed by atoms with Gasteiger partial charge in [0.05, 0.1) is 6.10 Å². The number of nitrogens with one attached hydrogen (secondary N) is 1. The van der Waals surface area contributed by atoms with Gasteiger partial charge in [-0.15, -0.1) is 0 Å². The van der Waals surface area contributed by atoms with Gasteiger partial charge in [0.2, 0.25) is 0 Å². The van der Waals surface area contributed by atoms with Crippen LogP contribution in [0.1, 0.15) is 38.3 Å². The molecule has 2 aliphatic rings. The van der Waals surface area contributed by atoms with E-state index in [0.29, 0.717) is 17.4 Å². The second-order valence-corrected chi connectivity index (χ2v) is 9.11. The molecule has 1 aromatic carbocycles. The van der Waals surface area contributed by atoms with Gasteiger partial charge in [0.1, 0.15) is 5.75 Å². The van der Waals surface area contributed by atoms with E-state index in [1.807, 2.05) is 0 Å². The van der Waals surface area contributed by atoms with Crippen LogP contribution in [0.4, 0.5) is 0 Å². The molecular formula is C17H25NOS2. The van der Waals surface area contributed by atoms with Crippen LogP contribution in [0.2, 0.25) is 0 Å². The van der Waals surface area contributed by atoms with E-state index in [4.69, 9.17) is 4.74 Å². The molecular weight excluding hydrogens is 298 g/mol. The molecule has 1 aliphatic carbocycles. The first kappa shape index (κ1) is 15.6. The fourth-order valence-corrected chi connectivity index (χ4v) is 5.87. The summed E-state index contributed by atoms with van der Waals surface area (Å²) in [5.41, 5.74) is 1.36.